The monoisotopic (exact) mass is 326 g/mol. The average Bonchev–Trinajstić information content (AvgIpc) is 2.43. The van der Waals surface area contributed by atoms with Crippen LogP contribution in [0.25, 0.3) is 0 Å². The first kappa shape index (κ1) is 19.4. The summed E-state index contributed by atoms with van der Waals surface area (Å²) in [4.78, 5) is 2.54. The van der Waals surface area contributed by atoms with E-state index in [1.165, 1.54) is 22.3 Å². The van der Waals surface area contributed by atoms with E-state index >= 15 is 0 Å². The Labute approximate surface area is 141 Å². The lowest BCUT2D eigenvalue weighted by molar-refractivity contribution is 0.0298. The van der Waals surface area contributed by atoms with Crippen molar-refractivity contribution in [2.75, 3.05) is 32.8 Å². The van der Waals surface area contributed by atoms with Crippen molar-refractivity contribution in [2.24, 2.45) is 5.41 Å². The van der Waals surface area contributed by atoms with Crippen LogP contribution in [0.15, 0.2) is 12.1 Å². The number of rotatable bonds is 4. The van der Waals surface area contributed by atoms with Gasteiger partial charge in [-0.2, -0.15) is 0 Å². The van der Waals surface area contributed by atoms with E-state index in [1.807, 2.05) is 0 Å². The first-order chi connectivity index (χ1) is 9.86. The van der Waals surface area contributed by atoms with Gasteiger partial charge in [0.25, 0.3) is 0 Å². The van der Waals surface area contributed by atoms with E-state index in [0.717, 1.165) is 26.2 Å². The molecule has 0 saturated carbocycles. The van der Waals surface area contributed by atoms with Gasteiger partial charge in [0.15, 0.2) is 0 Å². The summed E-state index contributed by atoms with van der Waals surface area (Å²) in [5.74, 6) is 0. The highest BCUT2D eigenvalue weighted by Crippen LogP contribution is 2.41. The molecule has 1 fully saturated rings. The third kappa shape index (κ3) is 4.02. The Kier molecular flexibility index (Phi) is 6.87. The van der Waals surface area contributed by atoms with Crippen LogP contribution in [-0.2, 0) is 0 Å². The van der Waals surface area contributed by atoms with Crippen LogP contribution in [0, 0.1) is 26.2 Å². The summed E-state index contributed by atoms with van der Waals surface area (Å²) in [5, 5.41) is 13.4. The quantitative estimate of drug-likeness (QED) is 0.893. The molecule has 2 N–H and O–H groups in total. The van der Waals surface area contributed by atoms with Crippen LogP contribution in [0.5, 0.6) is 0 Å². The molecule has 22 heavy (non-hydrogen) atoms. The van der Waals surface area contributed by atoms with Gasteiger partial charge >= 0.3 is 0 Å². The van der Waals surface area contributed by atoms with E-state index in [2.05, 4.69) is 57.0 Å². The maximum absolute atomic E-state index is 9.95. The van der Waals surface area contributed by atoms with Crippen molar-refractivity contribution in [1.29, 1.82) is 0 Å². The molecule has 0 bridgehead atoms. The van der Waals surface area contributed by atoms with Crippen LogP contribution in [0.4, 0.5) is 0 Å². The highest BCUT2D eigenvalue weighted by Gasteiger charge is 2.37. The average molecular weight is 327 g/mol. The van der Waals surface area contributed by atoms with Crippen molar-refractivity contribution in [3.63, 3.8) is 0 Å². The maximum Gasteiger partial charge on any atom is 0.0500 e. The molecule has 1 aliphatic heterocycles. The van der Waals surface area contributed by atoms with Crippen molar-refractivity contribution in [1.82, 2.24) is 10.2 Å². The summed E-state index contributed by atoms with van der Waals surface area (Å²) in [6.07, 6.45) is 0. The van der Waals surface area contributed by atoms with Crippen molar-refractivity contribution < 1.29 is 5.11 Å². The molecule has 1 atom stereocenters. The van der Waals surface area contributed by atoms with Gasteiger partial charge in [0.05, 0.1) is 0 Å². The minimum atomic E-state index is -0.151. The van der Waals surface area contributed by atoms with Crippen molar-refractivity contribution >= 4 is 12.4 Å². The Morgan fingerprint density at radius 1 is 1.14 bits per heavy atom. The predicted octanol–water partition coefficient (Wildman–Crippen LogP) is 3.00. The minimum absolute atomic E-state index is 0. The number of aliphatic hydroxyl groups excluding tert-OH is 1. The first-order valence-electron chi connectivity index (χ1n) is 8.00. The van der Waals surface area contributed by atoms with E-state index in [0.29, 0.717) is 0 Å². The lowest BCUT2D eigenvalue weighted by Crippen LogP contribution is -2.50. The van der Waals surface area contributed by atoms with Crippen LogP contribution < -0.4 is 5.32 Å². The smallest absolute Gasteiger partial charge is 0.0500 e. The zero-order valence-corrected chi connectivity index (χ0v) is 15.4. The lowest BCUT2D eigenvalue weighted by Gasteiger charge is -2.44. The summed E-state index contributed by atoms with van der Waals surface area (Å²) in [6.45, 7) is 15.3. The molecule has 4 heteroatoms. The summed E-state index contributed by atoms with van der Waals surface area (Å²) in [7, 11) is 0. The molecule has 1 aromatic carbocycles. The first-order valence-corrected chi connectivity index (χ1v) is 8.00. The van der Waals surface area contributed by atoms with Crippen molar-refractivity contribution in [3.05, 3.63) is 34.4 Å². The number of halogens is 1. The summed E-state index contributed by atoms with van der Waals surface area (Å²) in [5.41, 5.74) is 5.26. The number of nitrogens with zero attached hydrogens (tertiary/aromatic N) is 1. The van der Waals surface area contributed by atoms with Crippen LogP contribution >= 0.6 is 12.4 Å². The molecule has 0 aromatic heterocycles. The fourth-order valence-electron chi connectivity index (χ4n) is 3.72. The molecule has 0 unspecified atom stereocenters. The van der Waals surface area contributed by atoms with Crippen LogP contribution in [-0.4, -0.2) is 42.8 Å². The van der Waals surface area contributed by atoms with Gasteiger partial charge in [0, 0.05) is 44.2 Å². The van der Waals surface area contributed by atoms with E-state index in [-0.39, 0.29) is 30.5 Å². The lowest BCUT2D eigenvalue weighted by atomic mass is 9.76. The Bertz CT molecular complexity index is 473. The van der Waals surface area contributed by atoms with Gasteiger partial charge in [-0.1, -0.05) is 31.5 Å². The van der Waals surface area contributed by atoms with Gasteiger partial charge in [-0.3, -0.25) is 4.90 Å². The molecule has 1 aromatic rings. The standard InChI is InChI=1S/C18H30N2O.ClH/c1-13-10-14(2)16(15(3)11-13)17(18(4,5)12-21)20-8-6-19-7-9-20;/h10-11,17,19,21H,6-9,12H2,1-5H3;1H/t17-;/m1./s1. The molecule has 0 spiro atoms. The van der Waals surface area contributed by atoms with Gasteiger partial charge in [-0.05, 0) is 37.5 Å². The molecular formula is C18H31ClN2O. The van der Waals surface area contributed by atoms with E-state index < -0.39 is 0 Å². The van der Waals surface area contributed by atoms with E-state index in [4.69, 9.17) is 0 Å². The zero-order chi connectivity index (χ0) is 15.6. The predicted molar refractivity (Wildman–Crippen MR) is 96.0 cm³/mol. The van der Waals surface area contributed by atoms with Gasteiger partial charge in [-0.25, -0.2) is 0 Å². The molecule has 0 amide bonds. The number of hydrogen-bond donors (Lipinski definition) is 2. The van der Waals surface area contributed by atoms with Crippen LogP contribution in [0.2, 0.25) is 0 Å². The van der Waals surface area contributed by atoms with E-state index in [1.54, 1.807) is 0 Å². The minimum Gasteiger partial charge on any atom is -0.396 e. The normalized spacial score (nSPS) is 17.9. The number of nitrogens with one attached hydrogen (secondary N) is 1. The van der Waals surface area contributed by atoms with Gasteiger partial charge < -0.3 is 10.4 Å². The summed E-state index contributed by atoms with van der Waals surface area (Å²) in [6, 6.07) is 4.81. The Hall–Kier alpha value is -0.610. The number of aliphatic hydroxyl groups is 1. The summed E-state index contributed by atoms with van der Waals surface area (Å²) < 4.78 is 0. The largest absolute Gasteiger partial charge is 0.396 e. The zero-order valence-electron chi connectivity index (χ0n) is 14.6. The van der Waals surface area contributed by atoms with Gasteiger partial charge in [0.2, 0.25) is 0 Å². The number of aryl methyl sites for hydroxylation is 3. The van der Waals surface area contributed by atoms with Crippen LogP contribution in [0.3, 0.4) is 0 Å². The molecule has 1 heterocycles. The summed E-state index contributed by atoms with van der Waals surface area (Å²) >= 11 is 0. The Morgan fingerprint density at radius 2 is 1.64 bits per heavy atom. The highest BCUT2D eigenvalue weighted by molar-refractivity contribution is 5.85. The van der Waals surface area contributed by atoms with Crippen molar-refractivity contribution in [3.8, 4) is 0 Å². The molecule has 1 aliphatic rings. The molecule has 1 saturated heterocycles. The highest BCUT2D eigenvalue weighted by atomic mass is 35.5. The second kappa shape index (κ2) is 7.78. The van der Waals surface area contributed by atoms with Gasteiger partial charge in [0.1, 0.15) is 0 Å². The number of benzene rings is 1. The Morgan fingerprint density at radius 3 is 2.09 bits per heavy atom. The third-order valence-corrected chi connectivity index (χ3v) is 4.68. The fourth-order valence-corrected chi connectivity index (χ4v) is 3.72. The van der Waals surface area contributed by atoms with Crippen molar-refractivity contribution in [2.45, 2.75) is 40.7 Å². The topological polar surface area (TPSA) is 35.5 Å². The maximum atomic E-state index is 9.95. The molecule has 2 rings (SSSR count). The molecule has 126 valence electrons. The fraction of sp³-hybridized carbons (Fsp3) is 0.667. The van der Waals surface area contributed by atoms with Crippen LogP contribution in [0.1, 0.15) is 42.1 Å². The third-order valence-electron chi connectivity index (χ3n) is 4.68. The Balaban J connectivity index is 0.00000242. The SMILES string of the molecule is Cc1cc(C)c([C@@H](N2CCNCC2)C(C)(C)CO)c(C)c1.Cl. The number of hydrogen-bond acceptors (Lipinski definition) is 3. The van der Waals surface area contributed by atoms with E-state index in [9.17, 15) is 5.11 Å². The van der Waals surface area contributed by atoms with Gasteiger partial charge in [-0.15, -0.1) is 12.4 Å². The molecule has 0 radical (unpaired) electrons. The number of piperazine rings is 1. The molecular weight excluding hydrogens is 296 g/mol. The second-order valence-electron chi connectivity index (χ2n) is 7.15. The second-order valence-corrected chi connectivity index (χ2v) is 7.15. The molecule has 3 nitrogen and oxygen atoms in total. The molecule has 0 aliphatic carbocycles.